The Bertz CT molecular complexity index is 368. The van der Waals surface area contributed by atoms with Gasteiger partial charge in [-0.05, 0) is 43.4 Å². The molecule has 0 saturated heterocycles. The Kier molecular flexibility index (Phi) is 5.12. The van der Waals surface area contributed by atoms with Crippen molar-refractivity contribution in [2.24, 2.45) is 0 Å². The minimum atomic E-state index is 0.186. The summed E-state index contributed by atoms with van der Waals surface area (Å²) in [6.07, 6.45) is 12.1. The topological polar surface area (TPSA) is 0 Å². The van der Waals surface area contributed by atoms with Gasteiger partial charge in [0.1, 0.15) is 0 Å². The zero-order valence-corrected chi connectivity index (χ0v) is 10.6. The van der Waals surface area contributed by atoms with Crippen molar-refractivity contribution in [1.29, 1.82) is 0 Å². The molecule has 0 heteroatoms. The number of hydrogen-bond acceptors (Lipinski definition) is 0. The molecular formula is C16H21. The molecule has 0 saturated carbocycles. The highest BCUT2D eigenvalue weighted by atomic mass is 14.1. The van der Waals surface area contributed by atoms with Gasteiger partial charge in [0.05, 0.1) is 0 Å². The molecule has 0 N–H and O–H groups in total. The lowest BCUT2D eigenvalue weighted by molar-refractivity contribution is 0.637. The van der Waals surface area contributed by atoms with Crippen molar-refractivity contribution in [3.63, 3.8) is 0 Å². The van der Waals surface area contributed by atoms with Gasteiger partial charge in [-0.25, -0.2) is 0 Å². The van der Waals surface area contributed by atoms with Gasteiger partial charge in [0.15, 0.2) is 0 Å². The largest absolute Gasteiger partial charge is 0.0809 e. The first-order chi connectivity index (χ1) is 7.69. The first kappa shape index (κ1) is 12.8. The second kappa shape index (κ2) is 6.38. The number of benzene rings is 1. The van der Waals surface area contributed by atoms with Crippen molar-refractivity contribution in [1.82, 2.24) is 0 Å². The zero-order valence-electron chi connectivity index (χ0n) is 10.6. The lowest BCUT2D eigenvalue weighted by Crippen LogP contribution is -1.97. The Hall–Kier alpha value is -1.22. The van der Waals surface area contributed by atoms with Gasteiger partial charge in [-0.3, -0.25) is 0 Å². The van der Waals surface area contributed by atoms with Crippen LogP contribution < -0.4 is 0 Å². The normalized spacial score (nSPS) is 12.1. The van der Waals surface area contributed by atoms with E-state index in [1.54, 1.807) is 0 Å². The monoisotopic (exact) mass is 213 g/mol. The predicted octanol–water partition coefficient (Wildman–Crippen LogP) is 4.56. The minimum Gasteiger partial charge on any atom is -0.0809 e. The Morgan fingerprint density at radius 3 is 2.50 bits per heavy atom. The van der Waals surface area contributed by atoms with Crippen LogP contribution in [-0.4, -0.2) is 0 Å². The van der Waals surface area contributed by atoms with Gasteiger partial charge in [-0.2, -0.15) is 0 Å². The van der Waals surface area contributed by atoms with Crippen LogP contribution in [0.25, 0.3) is 0 Å². The van der Waals surface area contributed by atoms with Crippen LogP contribution in [0.2, 0.25) is 0 Å². The van der Waals surface area contributed by atoms with Crippen LogP contribution in [-0.2, 0) is 0 Å². The minimum absolute atomic E-state index is 0.186. The molecule has 0 fully saturated rings. The Labute approximate surface area is 100 Å². The Balaban J connectivity index is 2.72. The van der Waals surface area contributed by atoms with Crippen LogP contribution in [0.4, 0.5) is 0 Å². The van der Waals surface area contributed by atoms with E-state index in [0.717, 1.165) is 6.42 Å². The van der Waals surface area contributed by atoms with E-state index in [4.69, 9.17) is 6.42 Å². The van der Waals surface area contributed by atoms with Crippen molar-refractivity contribution in [3.05, 3.63) is 41.3 Å². The summed E-state index contributed by atoms with van der Waals surface area (Å²) in [4.78, 5) is 0. The van der Waals surface area contributed by atoms with E-state index in [0.29, 0.717) is 0 Å². The lowest BCUT2D eigenvalue weighted by Gasteiger charge is -2.12. The molecule has 0 amide bonds. The van der Waals surface area contributed by atoms with Crippen molar-refractivity contribution >= 4 is 0 Å². The molecule has 0 aliphatic rings. The fraction of sp³-hybridized carbons (Fsp3) is 0.500. The van der Waals surface area contributed by atoms with E-state index in [-0.39, 0.29) is 5.92 Å². The molecular weight excluding hydrogens is 192 g/mol. The van der Waals surface area contributed by atoms with Crippen LogP contribution in [0.5, 0.6) is 0 Å². The van der Waals surface area contributed by atoms with Gasteiger partial charge < -0.3 is 0 Å². The highest BCUT2D eigenvalue weighted by Crippen LogP contribution is 2.23. The van der Waals surface area contributed by atoms with Gasteiger partial charge >= 0.3 is 0 Å². The third-order valence-corrected chi connectivity index (χ3v) is 3.20. The van der Waals surface area contributed by atoms with Crippen LogP contribution in [0, 0.1) is 26.2 Å². The van der Waals surface area contributed by atoms with Gasteiger partial charge in [-0.1, -0.05) is 50.3 Å². The van der Waals surface area contributed by atoms with E-state index in [2.05, 4.69) is 44.9 Å². The standard InChI is InChI=1S/C16H21/c1-5-7-8-9-15(6-2)16-11-10-13(3)14(4)12-16/h10-12,15H,5,7-9H2,1,3-4H3. The van der Waals surface area contributed by atoms with Gasteiger partial charge in [0, 0.05) is 5.92 Å². The molecule has 0 spiro atoms. The van der Waals surface area contributed by atoms with Gasteiger partial charge in [0.25, 0.3) is 0 Å². The van der Waals surface area contributed by atoms with Crippen molar-refractivity contribution in [2.45, 2.75) is 52.4 Å². The Morgan fingerprint density at radius 1 is 1.19 bits per heavy atom. The fourth-order valence-electron chi connectivity index (χ4n) is 1.90. The summed E-state index contributed by atoms with van der Waals surface area (Å²) in [5, 5.41) is 0. The second-order valence-electron chi connectivity index (χ2n) is 4.54. The van der Waals surface area contributed by atoms with Crippen LogP contribution in [0.3, 0.4) is 0 Å². The number of hydrogen-bond donors (Lipinski definition) is 0. The predicted molar refractivity (Wildman–Crippen MR) is 69.9 cm³/mol. The molecule has 1 rings (SSSR count). The lowest BCUT2D eigenvalue weighted by atomic mass is 9.92. The second-order valence-corrected chi connectivity index (χ2v) is 4.54. The van der Waals surface area contributed by atoms with Crippen molar-refractivity contribution in [2.75, 3.05) is 0 Å². The van der Waals surface area contributed by atoms with Gasteiger partial charge in [-0.15, -0.1) is 0 Å². The van der Waals surface area contributed by atoms with E-state index in [1.807, 2.05) is 0 Å². The van der Waals surface area contributed by atoms with Crippen LogP contribution >= 0.6 is 0 Å². The van der Waals surface area contributed by atoms with Crippen LogP contribution in [0.15, 0.2) is 18.2 Å². The first-order valence-corrected chi connectivity index (χ1v) is 6.18. The number of aryl methyl sites for hydroxylation is 2. The summed E-state index contributed by atoms with van der Waals surface area (Å²) in [7, 11) is 0. The van der Waals surface area contributed by atoms with E-state index < -0.39 is 0 Å². The van der Waals surface area contributed by atoms with Crippen molar-refractivity contribution in [3.8, 4) is 5.92 Å². The van der Waals surface area contributed by atoms with E-state index >= 15 is 0 Å². The van der Waals surface area contributed by atoms with Crippen molar-refractivity contribution < 1.29 is 0 Å². The summed E-state index contributed by atoms with van der Waals surface area (Å²) in [6.45, 7) is 6.46. The summed E-state index contributed by atoms with van der Waals surface area (Å²) in [5.74, 6) is 2.86. The number of unbranched alkanes of at least 4 members (excludes halogenated alkanes) is 2. The molecule has 1 unspecified atom stereocenters. The average Bonchev–Trinajstić information content (AvgIpc) is 2.29. The van der Waals surface area contributed by atoms with Gasteiger partial charge in [0.2, 0.25) is 0 Å². The highest BCUT2D eigenvalue weighted by Gasteiger charge is 2.08. The third-order valence-electron chi connectivity index (χ3n) is 3.20. The molecule has 0 bridgehead atoms. The average molecular weight is 213 g/mol. The maximum atomic E-state index is 7.41. The molecule has 0 nitrogen and oxygen atoms in total. The molecule has 85 valence electrons. The maximum absolute atomic E-state index is 7.41. The van der Waals surface area contributed by atoms with Crippen LogP contribution in [0.1, 0.15) is 55.2 Å². The summed E-state index contributed by atoms with van der Waals surface area (Å²) in [6, 6.07) is 6.49. The number of rotatable bonds is 5. The van der Waals surface area contributed by atoms with E-state index in [1.165, 1.54) is 36.0 Å². The summed E-state index contributed by atoms with van der Waals surface area (Å²) >= 11 is 0. The molecule has 1 atom stereocenters. The fourth-order valence-corrected chi connectivity index (χ4v) is 1.90. The van der Waals surface area contributed by atoms with E-state index in [9.17, 15) is 0 Å². The molecule has 1 aromatic carbocycles. The molecule has 0 aromatic heterocycles. The molecule has 16 heavy (non-hydrogen) atoms. The molecule has 1 aromatic rings. The molecule has 0 aliphatic heterocycles. The quantitative estimate of drug-likeness (QED) is 0.497. The SMILES string of the molecule is [C]#CC(CCCCC)c1ccc(C)c(C)c1. The zero-order chi connectivity index (χ0) is 12.0. The summed E-state index contributed by atoms with van der Waals surface area (Å²) in [5.41, 5.74) is 3.88. The molecule has 0 aliphatic carbocycles. The molecule has 1 radical (unpaired) electrons. The highest BCUT2D eigenvalue weighted by molar-refractivity contribution is 5.34. The first-order valence-electron chi connectivity index (χ1n) is 6.18. The molecule has 0 heterocycles. The smallest absolute Gasteiger partial charge is 0.0462 e. The third kappa shape index (κ3) is 3.42. The maximum Gasteiger partial charge on any atom is 0.0462 e. The summed E-state index contributed by atoms with van der Waals surface area (Å²) < 4.78 is 0. The Morgan fingerprint density at radius 2 is 1.94 bits per heavy atom.